The molecule has 0 unspecified atom stereocenters. The van der Waals surface area contributed by atoms with E-state index in [2.05, 4.69) is 5.32 Å². The normalized spacial score (nSPS) is 12.2. The number of ether oxygens (including phenoxy) is 1. The summed E-state index contributed by atoms with van der Waals surface area (Å²) in [7, 11) is 0. The summed E-state index contributed by atoms with van der Waals surface area (Å²) < 4.78 is 5.01. The molecule has 0 fully saturated rings. The lowest BCUT2D eigenvalue weighted by molar-refractivity contribution is -0.124. The first kappa shape index (κ1) is 17.5. The number of fused-ring (bicyclic) bond motifs is 2. The van der Waals surface area contributed by atoms with Crippen molar-refractivity contribution >= 4 is 23.4 Å². The van der Waals surface area contributed by atoms with Crippen LogP contribution in [0.2, 0.25) is 0 Å². The van der Waals surface area contributed by atoms with E-state index < -0.39 is 24.3 Å². The molecule has 0 aliphatic heterocycles. The van der Waals surface area contributed by atoms with Gasteiger partial charge in [-0.25, -0.2) is 4.79 Å². The van der Waals surface area contributed by atoms with Gasteiger partial charge in [0.25, 0.3) is 5.91 Å². The topological polar surface area (TPSA) is 89.5 Å². The van der Waals surface area contributed by atoms with Gasteiger partial charge in [0.15, 0.2) is 18.2 Å². The Morgan fingerprint density at radius 2 is 1.58 bits per heavy atom. The summed E-state index contributed by atoms with van der Waals surface area (Å²) in [6, 6.07) is 10.9. The summed E-state index contributed by atoms with van der Waals surface area (Å²) in [4.78, 5) is 49.5. The first-order valence-corrected chi connectivity index (χ1v) is 8.29. The second-order valence-electron chi connectivity index (χ2n) is 5.86. The van der Waals surface area contributed by atoms with Gasteiger partial charge in [0.2, 0.25) is 0 Å². The lowest BCUT2D eigenvalue weighted by Crippen LogP contribution is -2.30. The van der Waals surface area contributed by atoms with Crippen molar-refractivity contribution in [2.45, 2.75) is 13.3 Å². The molecule has 26 heavy (non-hydrogen) atoms. The number of esters is 1. The van der Waals surface area contributed by atoms with Crippen molar-refractivity contribution in [1.82, 2.24) is 5.32 Å². The van der Waals surface area contributed by atoms with Gasteiger partial charge in [-0.3, -0.25) is 14.4 Å². The van der Waals surface area contributed by atoms with Gasteiger partial charge in [-0.05, 0) is 12.5 Å². The molecule has 0 saturated heterocycles. The number of rotatable bonds is 5. The van der Waals surface area contributed by atoms with Gasteiger partial charge < -0.3 is 10.1 Å². The van der Waals surface area contributed by atoms with Gasteiger partial charge in [0.05, 0.1) is 5.56 Å². The Kier molecular flexibility index (Phi) is 4.93. The molecule has 1 N–H and O–H groups in total. The first-order valence-electron chi connectivity index (χ1n) is 8.29. The van der Waals surface area contributed by atoms with Crippen molar-refractivity contribution in [3.8, 4) is 0 Å². The largest absolute Gasteiger partial charge is 0.452 e. The molecule has 0 spiro atoms. The third kappa shape index (κ3) is 3.13. The van der Waals surface area contributed by atoms with Crippen molar-refractivity contribution in [2.75, 3.05) is 13.2 Å². The number of nitrogens with one attached hydrogen (secondary N) is 1. The molecule has 0 heterocycles. The molecule has 0 atom stereocenters. The van der Waals surface area contributed by atoms with E-state index in [0.29, 0.717) is 12.1 Å². The van der Waals surface area contributed by atoms with Gasteiger partial charge in [-0.2, -0.15) is 0 Å². The van der Waals surface area contributed by atoms with Crippen LogP contribution in [-0.4, -0.2) is 36.6 Å². The molecule has 0 aromatic heterocycles. The fourth-order valence-corrected chi connectivity index (χ4v) is 2.84. The Balaban J connectivity index is 1.89. The lowest BCUT2D eigenvalue weighted by Gasteiger charge is -2.19. The average molecular weight is 351 g/mol. The minimum atomic E-state index is -0.811. The monoisotopic (exact) mass is 351 g/mol. The highest BCUT2D eigenvalue weighted by atomic mass is 16.5. The predicted octanol–water partition coefficient (Wildman–Crippen LogP) is 2.14. The quantitative estimate of drug-likeness (QED) is 0.712. The molecule has 2 aromatic rings. The minimum Gasteiger partial charge on any atom is -0.452 e. The fraction of sp³-hybridized carbons (Fsp3) is 0.200. The van der Waals surface area contributed by atoms with E-state index in [-0.39, 0.29) is 28.0 Å². The molecule has 0 bridgehead atoms. The van der Waals surface area contributed by atoms with E-state index in [9.17, 15) is 19.2 Å². The molecule has 2 aromatic carbocycles. The maximum atomic E-state index is 12.8. The molecular formula is C20H17NO5. The van der Waals surface area contributed by atoms with Crippen LogP contribution in [0.3, 0.4) is 0 Å². The van der Waals surface area contributed by atoms with Crippen LogP contribution in [-0.2, 0) is 9.53 Å². The molecule has 1 amide bonds. The average Bonchev–Trinajstić information content (AvgIpc) is 2.68. The predicted molar refractivity (Wildman–Crippen MR) is 93.3 cm³/mol. The van der Waals surface area contributed by atoms with Crippen LogP contribution in [0.1, 0.15) is 55.5 Å². The summed E-state index contributed by atoms with van der Waals surface area (Å²) in [6.07, 6.45) is 0.766. The lowest BCUT2D eigenvalue weighted by atomic mass is 9.82. The van der Waals surface area contributed by atoms with E-state index in [0.717, 1.165) is 6.42 Å². The molecule has 0 radical (unpaired) electrons. The Hall–Kier alpha value is -3.28. The van der Waals surface area contributed by atoms with E-state index in [1.54, 1.807) is 24.3 Å². The van der Waals surface area contributed by atoms with E-state index in [1.807, 2.05) is 6.92 Å². The molecule has 6 nitrogen and oxygen atoms in total. The SMILES string of the molecule is CCCNC(=O)COC(=O)c1cccc2c1C(=O)c1ccccc1C2=O. The minimum absolute atomic E-state index is 0.0151. The number of hydrogen-bond acceptors (Lipinski definition) is 5. The zero-order chi connectivity index (χ0) is 18.7. The second kappa shape index (κ2) is 7.31. The molecule has 6 heteroatoms. The van der Waals surface area contributed by atoms with Crippen molar-refractivity contribution < 1.29 is 23.9 Å². The summed E-state index contributed by atoms with van der Waals surface area (Å²) in [5, 5.41) is 2.59. The van der Waals surface area contributed by atoms with E-state index in [4.69, 9.17) is 4.74 Å². The Bertz CT molecular complexity index is 916. The van der Waals surface area contributed by atoms with Crippen molar-refractivity contribution in [3.05, 3.63) is 70.3 Å². The summed E-state index contributed by atoms with van der Waals surface area (Å²) >= 11 is 0. The summed E-state index contributed by atoms with van der Waals surface area (Å²) in [5.74, 6) is -1.95. The smallest absolute Gasteiger partial charge is 0.339 e. The zero-order valence-corrected chi connectivity index (χ0v) is 14.2. The summed E-state index contributed by atoms with van der Waals surface area (Å²) in [5.41, 5.74) is 0.743. The van der Waals surface area contributed by atoms with Crippen molar-refractivity contribution in [1.29, 1.82) is 0 Å². The molecule has 1 aliphatic carbocycles. The standard InChI is InChI=1S/C20H17NO5/c1-2-10-21-16(22)11-26-20(25)15-9-5-8-14-17(15)19(24)13-7-4-3-6-12(13)18(14)23/h3-9H,2,10-11H2,1H3,(H,21,22). The number of amides is 1. The van der Waals surface area contributed by atoms with Gasteiger partial charge in [-0.15, -0.1) is 0 Å². The van der Waals surface area contributed by atoms with Gasteiger partial charge in [-0.1, -0.05) is 43.3 Å². The third-order valence-corrected chi connectivity index (χ3v) is 4.08. The number of ketones is 2. The Morgan fingerprint density at radius 3 is 2.27 bits per heavy atom. The molecule has 3 rings (SSSR count). The van der Waals surface area contributed by atoms with E-state index in [1.165, 1.54) is 18.2 Å². The Morgan fingerprint density at radius 1 is 0.923 bits per heavy atom. The van der Waals surface area contributed by atoms with Gasteiger partial charge >= 0.3 is 5.97 Å². The number of benzene rings is 2. The maximum Gasteiger partial charge on any atom is 0.339 e. The van der Waals surface area contributed by atoms with E-state index >= 15 is 0 Å². The number of carbonyl (C=O) groups is 4. The zero-order valence-electron chi connectivity index (χ0n) is 14.2. The van der Waals surface area contributed by atoms with Crippen LogP contribution in [0.15, 0.2) is 42.5 Å². The van der Waals surface area contributed by atoms with Crippen LogP contribution >= 0.6 is 0 Å². The van der Waals surface area contributed by atoms with Crippen molar-refractivity contribution in [3.63, 3.8) is 0 Å². The van der Waals surface area contributed by atoms with Crippen molar-refractivity contribution in [2.24, 2.45) is 0 Å². The van der Waals surface area contributed by atoms with Gasteiger partial charge in [0, 0.05) is 28.8 Å². The highest BCUT2D eigenvalue weighted by Crippen LogP contribution is 2.29. The van der Waals surface area contributed by atoms with Crippen LogP contribution in [0.4, 0.5) is 0 Å². The number of hydrogen-bond donors (Lipinski definition) is 1. The highest BCUT2D eigenvalue weighted by molar-refractivity contribution is 6.30. The van der Waals surface area contributed by atoms with Crippen LogP contribution < -0.4 is 5.32 Å². The summed E-state index contributed by atoms with van der Waals surface area (Å²) in [6.45, 7) is 1.95. The van der Waals surface area contributed by atoms with Crippen LogP contribution in [0.25, 0.3) is 0 Å². The number of carbonyl (C=O) groups excluding carboxylic acids is 4. The Labute approximate surface area is 150 Å². The van der Waals surface area contributed by atoms with Gasteiger partial charge in [0.1, 0.15) is 0 Å². The van der Waals surface area contributed by atoms with Crippen LogP contribution in [0, 0.1) is 0 Å². The molecule has 0 saturated carbocycles. The maximum absolute atomic E-state index is 12.8. The highest BCUT2D eigenvalue weighted by Gasteiger charge is 2.33. The molecule has 1 aliphatic rings. The van der Waals surface area contributed by atoms with Crippen LogP contribution in [0.5, 0.6) is 0 Å². The second-order valence-corrected chi connectivity index (χ2v) is 5.86. The molecule has 132 valence electrons. The first-order chi connectivity index (χ1) is 12.5. The molecular weight excluding hydrogens is 334 g/mol. The third-order valence-electron chi connectivity index (χ3n) is 4.08. The fourth-order valence-electron chi connectivity index (χ4n) is 2.84.